The van der Waals surface area contributed by atoms with Gasteiger partial charge in [0.25, 0.3) is 0 Å². The summed E-state index contributed by atoms with van der Waals surface area (Å²) in [5.41, 5.74) is 2.82. The van der Waals surface area contributed by atoms with E-state index in [0.29, 0.717) is 0 Å². The minimum Gasteiger partial charge on any atom is -0.469 e. The molecule has 0 aliphatic carbocycles. The molecular weight excluding hydrogens is 206 g/mol. The van der Waals surface area contributed by atoms with Crippen LogP contribution in [0.3, 0.4) is 0 Å². The van der Waals surface area contributed by atoms with Crippen molar-refractivity contribution in [3.63, 3.8) is 0 Å². The molecule has 0 saturated carbocycles. The summed E-state index contributed by atoms with van der Waals surface area (Å²) in [6, 6.07) is 5.62. The highest BCUT2D eigenvalue weighted by Gasteiger charge is 2.10. The fourth-order valence-corrected chi connectivity index (χ4v) is 1.28. The van der Waals surface area contributed by atoms with Gasteiger partial charge in [-0.15, -0.1) is 0 Å². The SMILES string of the molecule is COC(=O)CC(=O)Nc1cccc(C)c1C. The number of aryl methyl sites for hydroxylation is 1. The Balaban J connectivity index is 2.70. The lowest BCUT2D eigenvalue weighted by Crippen LogP contribution is -2.17. The van der Waals surface area contributed by atoms with Gasteiger partial charge in [0.1, 0.15) is 6.42 Å². The van der Waals surface area contributed by atoms with Gasteiger partial charge in [0.05, 0.1) is 7.11 Å². The molecule has 1 aromatic carbocycles. The van der Waals surface area contributed by atoms with Crippen molar-refractivity contribution in [1.82, 2.24) is 0 Å². The van der Waals surface area contributed by atoms with Crippen molar-refractivity contribution in [3.8, 4) is 0 Å². The first kappa shape index (κ1) is 12.2. The smallest absolute Gasteiger partial charge is 0.315 e. The molecule has 1 amide bonds. The van der Waals surface area contributed by atoms with Gasteiger partial charge >= 0.3 is 5.97 Å². The molecule has 0 bridgehead atoms. The molecule has 1 N–H and O–H groups in total. The van der Waals surface area contributed by atoms with Gasteiger partial charge in [0, 0.05) is 5.69 Å². The number of ether oxygens (including phenoxy) is 1. The molecule has 1 aromatic rings. The van der Waals surface area contributed by atoms with Crippen LogP contribution in [0.2, 0.25) is 0 Å². The average molecular weight is 221 g/mol. The normalized spacial score (nSPS) is 9.69. The predicted molar refractivity (Wildman–Crippen MR) is 61.2 cm³/mol. The molecule has 0 unspecified atom stereocenters. The molecule has 0 saturated heterocycles. The third kappa shape index (κ3) is 3.08. The standard InChI is InChI=1S/C12H15NO3/c1-8-5-4-6-10(9(8)2)13-11(14)7-12(15)16-3/h4-6H,7H2,1-3H3,(H,13,14). The Morgan fingerprint density at radius 1 is 1.31 bits per heavy atom. The van der Waals surface area contributed by atoms with Gasteiger partial charge in [-0.1, -0.05) is 12.1 Å². The summed E-state index contributed by atoms with van der Waals surface area (Å²) in [7, 11) is 1.26. The summed E-state index contributed by atoms with van der Waals surface area (Å²) in [5, 5.41) is 2.68. The topological polar surface area (TPSA) is 55.4 Å². The van der Waals surface area contributed by atoms with Gasteiger partial charge < -0.3 is 10.1 Å². The predicted octanol–water partition coefficient (Wildman–Crippen LogP) is 1.81. The maximum atomic E-state index is 11.4. The summed E-state index contributed by atoms with van der Waals surface area (Å²) in [6.45, 7) is 3.88. The van der Waals surface area contributed by atoms with E-state index in [1.807, 2.05) is 26.0 Å². The van der Waals surface area contributed by atoms with Crippen LogP contribution in [-0.2, 0) is 14.3 Å². The van der Waals surface area contributed by atoms with Crippen molar-refractivity contribution in [2.75, 3.05) is 12.4 Å². The number of amides is 1. The Morgan fingerprint density at radius 3 is 2.62 bits per heavy atom. The Hall–Kier alpha value is -1.84. The minimum absolute atomic E-state index is 0.260. The lowest BCUT2D eigenvalue weighted by Gasteiger charge is -2.09. The van der Waals surface area contributed by atoms with Gasteiger partial charge in [0.2, 0.25) is 5.91 Å². The molecule has 0 heterocycles. The zero-order valence-corrected chi connectivity index (χ0v) is 9.66. The van der Waals surface area contributed by atoms with Crippen LogP contribution in [0, 0.1) is 13.8 Å². The third-order valence-electron chi connectivity index (χ3n) is 2.41. The van der Waals surface area contributed by atoms with E-state index in [4.69, 9.17) is 0 Å². The van der Waals surface area contributed by atoms with Gasteiger partial charge in [-0.2, -0.15) is 0 Å². The molecule has 1 rings (SSSR count). The van der Waals surface area contributed by atoms with E-state index in [1.54, 1.807) is 6.07 Å². The van der Waals surface area contributed by atoms with Crippen molar-refractivity contribution >= 4 is 17.6 Å². The molecule has 16 heavy (non-hydrogen) atoms. The van der Waals surface area contributed by atoms with Gasteiger partial charge in [-0.25, -0.2) is 0 Å². The van der Waals surface area contributed by atoms with E-state index >= 15 is 0 Å². The monoisotopic (exact) mass is 221 g/mol. The van der Waals surface area contributed by atoms with E-state index in [2.05, 4.69) is 10.1 Å². The van der Waals surface area contributed by atoms with Crippen LogP contribution in [0.5, 0.6) is 0 Å². The van der Waals surface area contributed by atoms with Crippen molar-refractivity contribution in [1.29, 1.82) is 0 Å². The zero-order chi connectivity index (χ0) is 12.1. The van der Waals surface area contributed by atoms with Crippen LogP contribution in [0.15, 0.2) is 18.2 Å². The van der Waals surface area contributed by atoms with E-state index < -0.39 is 5.97 Å². The lowest BCUT2D eigenvalue weighted by atomic mass is 10.1. The highest BCUT2D eigenvalue weighted by atomic mass is 16.5. The van der Waals surface area contributed by atoms with Crippen LogP contribution >= 0.6 is 0 Å². The maximum absolute atomic E-state index is 11.4. The molecule has 86 valence electrons. The summed E-state index contributed by atoms with van der Waals surface area (Å²) >= 11 is 0. The van der Waals surface area contributed by atoms with Crippen LogP contribution in [0.25, 0.3) is 0 Å². The second kappa shape index (κ2) is 5.30. The molecule has 0 spiro atoms. The number of carbonyl (C=O) groups excluding carboxylic acids is 2. The second-order valence-electron chi connectivity index (χ2n) is 3.55. The van der Waals surface area contributed by atoms with Gasteiger partial charge in [-0.05, 0) is 31.0 Å². The lowest BCUT2D eigenvalue weighted by molar-refractivity contribution is -0.142. The number of anilines is 1. The summed E-state index contributed by atoms with van der Waals surface area (Å²) in [6.07, 6.45) is -0.260. The quantitative estimate of drug-likeness (QED) is 0.625. The van der Waals surface area contributed by atoms with Crippen LogP contribution in [0.4, 0.5) is 5.69 Å². The number of benzene rings is 1. The highest BCUT2D eigenvalue weighted by molar-refractivity contribution is 6.02. The molecule has 4 nitrogen and oxygen atoms in total. The zero-order valence-electron chi connectivity index (χ0n) is 9.66. The van der Waals surface area contributed by atoms with Crippen molar-refractivity contribution in [3.05, 3.63) is 29.3 Å². The largest absolute Gasteiger partial charge is 0.469 e. The first-order chi connectivity index (χ1) is 7.54. The van der Waals surface area contributed by atoms with E-state index in [0.717, 1.165) is 16.8 Å². The number of esters is 1. The molecule has 0 fully saturated rings. The first-order valence-electron chi connectivity index (χ1n) is 4.97. The Morgan fingerprint density at radius 2 is 2.00 bits per heavy atom. The van der Waals surface area contributed by atoms with Crippen molar-refractivity contribution < 1.29 is 14.3 Å². The van der Waals surface area contributed by atoms with Crippen LogP contribution in [-0.4, -0.2) is 19.0 Å². The summed E-state index contributed by atoms with van der Waals surface area (Å²) in [5.74, 6) is -0.900. The molecule has 0 aliphatic rings. The first-order valence-corrected chi connectivity index (χ1v) is 4.97. The average Bonchev–Trinajstić information content (AvgIpc) is 2.24. The van der Waals surface area contributed by atoms with Gasteiger partial charge in [0.15, 0.2) is 0 Å². The second-order valence-corrected chi connectivity index (χ2v) is 3.55. The van der Waals surface area contributed by atoms with Gasteiger partial charge in [-0.3, -0.25) is 9.59 Å². The highest BCUT2D eigenvalue weighted by Crippen LogP contribution is 2.17. The number of nitrogens with one attached hydrogen (secondary N) is 1. The molecule has 0 atom stereocenters. The molecule has 4 heteroatoms. The molecule has 0 aromatic heterocycles. The third-order valence-corrected chi connectivity index (χ3v) is 2.41. The Kier molecular flexibility index (Phi) is 4.05. The number of hydrogen-bond acceptors (Lipinski definition) is 3. The number of methoxy groups -OCH3 is 1. The Bertz CT molecular complexity index is 413. The fourth-order valence-electron chi connectivity index (χ4n) is 1.28. The maximum Gasteiger partial charge on any atom is 0.315 e. The fraction of sp³-hybridized carbons (Fsp3) is 0.333. The number of rotatable bonds is 3. The summed E-state index contributed by atoms with van der Waals surface area (Å²) in [4.78, 5) is 22.3. The van der Waals surface area contributed by atoms with Crippen molar-refractivity contribution in [2.24, 2.45) is 0 Å². The van der Waals surface area contributed by atoms with Crippen LogP contribution in [0.1, 0.15) is 17.5 Å². The molecular formula is C12H15NO3. The van der Waals surface area contributed by atoms with E-state index in [1.165, 1.54) is 7.11 Å². The van der Waals surface area contributed by atoms with Crippen molar-refractivity contribution in [2.45, 2.75) is 20.3 Å². The number of hydrogen-bond donors (Lipinski definition) is 1. The Labute approximate surface area is 94.6 Å². The molecule has 0 radical (unpaired) electrons. The summed E-state index contributed by atoms with van der Waals surface area (Å²) < 4.78 is 4.41. The van der Waals surface area contributed by atoms with Crippen LogP contribution < -0.4 is 5.32 Å². The minimum atomic E-state index is -0.539. The van der Waals surface area contributed by atoms with E-state index in [-0.39, 0.29) is 12.3 Å². The number of carbonyl (C=O) groups is 2. The van der Waals surface area contributed by atoms with E-state index in [9.17, 15) is 9.59 Å². The molecule has 0 aliphatic heterocycles.